The van der Waals surface area contributed by atoms with Gasteiger partial charge in [0.25, 0.3) is 16.4 Å². The molecule has 7 nitrogen and oxygen atoms in total. The van der Waals surface area contributed by atoms with Gasteiger partial charge in [-0.1, -0.05) is 12.0 Å². The van der Waals surface area contributed by atoms with E-state index in [2.05, 4.69) is 21.8 Å². The van der Waals surface area contributed by atoms with Crippen molar-refractivity contribution in [1.29, 1.82) is 0 Å². The normalized spacial score (nSPS) is 19.9. The van der Waals surface area contributed by atoms with Crippen LogP contribution >= 0.6 is 11.3 Å². The van der Waals surface area contributed by atoms with E-state index in [1.165, 1.54) is 10.4 Å². The van der Waals surface area contributed by atoms with E-state index in [1.807, 2.05) is 0 Å². The van der Waals surface area contributed by atoms with Crippen molar-refractivity contribution in [3.05, 3.63) is 35.5 Å². The summed E-state index contributed by atoms with van der Waals surface area (Å²) in [5.41, 5.74) is -3.42. The molecule has 0 amide bonds. The number of nitrogens with zero attached hydrogens (tertiary/aromatic N) is 4. The van der Waals surface area contributed by atoms with Crippen LogP contribution in [0.4, 0.5) is 19.1 Å². The fraction of sp³-hybridized carbons (Fsp3) is 0.444. The average Bonchev–Trinajstić information content (AvgIpc) is 3.29. The number of thiophene rings is 1. The van der Waals surface area contributed by atoms with Crippen LogP contribution in [0.1, 0.15) is 12.5 Å². The summed E-state index contributed by atoms with van der Waals surface area (Å²) >= 11 is 1.12. The van der Waals surface area contributed by atoms with E-state index in [-0.39, 0.29) is 29.8 Å². The number of anilines is 1. The largest absolute Gasteiger partial charge is 0.377 e. The molecule has 30 heavy (non-hydrogen) atoms. The van der Waals surface area contributed by atoms with Gasteiger partial charge in [-0.2, -0.15) is 4.31 Å². The van der Waals surface area contributed by atoms with E-state index in [9.17, 15) is 26.7 Å². The van der Waals surface area contributed by atoms with Gasteiger partial charge in [-0.05, 0) is 18.4 Å². The lowest BCUT2D eigenvalue weighted by molar-refractivity contribution is -0.114. The standard InChI is InChI=1S/C18H19F3N4O3S2/c1-2-4-14-11-24(30(27,28)15-5-3-8-29-15)6-7-25(14)17-22-9-13(10-23-17)18(26,12-19)16(20)21/h3,5,8-10,14,16,26H,6-7,11-12H2,1H3/t14-,18?/m0/s1. The van der Waals surface area contributed by atoms with Crippen LogP contribution < -0.4 is 4.90 Å². The topological polar surface area (TPSA) is 86.6 Å². The summed E-state index contributed by atoms with van der Waals surface area (Å²) in [6, 6.07) is 2.62. The molecule has 1 aliphatic rings. The second-order valence-corrected chi connectivity index (χ2v) is 9.64. The van der Waals surface area contributed by atoms with E-state index >= 15 is 0 Å². The number of sulfonamides is 1. The summed E-state index contributed by atoms with van der Waals surface area (Å²) in [5.74, 6) is 5.79. The molecule has 2 aromatic heterocycles. The van der Waals surface area contributed by atoms with Crippen molar-refractivity contribution < 1.29 is 26.7 Å². The highest BCUT2D eigenvalue weighted by Gasteiger charge is 2.41. The lowest BCUT2D eigenvalue weighted by Crippen LogP contribution is -2.54. The van der Waals surface area contributed by atoms with Gasteiger partial charge in [-0.25, -0.2) is 31.6 Å². The SMILES string of the molecule is CC#C[C@H]1CN(S(=O)(=O)c2cccs2)CCN1c1ncc(C(O)(CF)C(F)F)cn1. The first-order valence-corrected chi connectivity index (χ1v) is 11.2. The molecule has 12 heteroatoms. The maximum absolute atomic E-state index is 13.0. The fourth-order valence-electron chi connectivity index (χ4n) is 3.00. The number of aromatic nitrogens is 2. The summed E-state index contributed by atoms with van der Waals surface area (Å²) < 4.78 is 66.2. The highest BCUT2D eigenvalue weighted by atomic mass is 32.2. The van der Waals surface area contributed by atoms with Crippen LogP contribution in [-0.2, 0) is 15.6 Å². The van der Waals surface area contributed by atoms with Gasteiger partial charge in [0, 0.05) is 37.6 Å². The van der Waals surface area contributed by atoms with Gasteiger partial charge in [0.2, 0.25) is 5.95 Å². The number of halogens is 3. The zero-order chi connectivity index (χ0) is 21.9. The highest BCUT2D eigenvalue weighted by Crippen LogP contribution is 2.29. The van der Waals surface area contributed by atoms with Crippen molar-refractivity contribution in [2.24, 2.45) is 0 Å². The molecule has 0 spiro atoms. The number of piperazine rings is 1. The van der Waals surface area contributed by atoms with Crippen molar-refractivity contribution in [2.75, 3.05) is 31.2 Å². The molecule has 2 atom stereocenters. The minimum absolute atomic E-state index is 0.0671. The Labute approximate surface area is 176 Å². The molecule has 1 saturated heterocycles. The molecule has 0 bridgehead atoms. The minimum Gasteiger partial charge on any atom is -0.377 e. The van der Waals surface area contributed by atoms with Gasteiger partial charge < -0.3 is 10.0 Å². The van der Waals surface area contributed by atoms with E-state index < -0.39 is 40.3 Å². The maximum atomic E-state index is 13.0. The van der Waals surface area contributed by atoms with Crippen LogP contribution in [0, 0.1) is 11.8 Å². The zero-order valence-electron chi connectivity index (χ0n) is 15.9. The minimum atomic E-state index is -3.66. The molecule has 3 heterocycles. The second-order valence-electron chi connectivity index (χ2n) is 6.53. The summed E-state index contributed by atoms with van der Waals surface area (Å²) in [4.78, 5) is 9.63. The molecule has 0 saturated carbocycles. The molecular weight excluding hydrogens is 441 g/mol. The second kappa shape index (κ2) is 8.89. The van der Waals surface area contributed by atoms with Crippen molar-refractivity contribution >= 4 is 27.3 Å². The maximum Gasteiger partial charge on any atom is 0.273 e. The molecule has 3 rings (SSSR count). The Morgan fingerprint density at radius 1 is 1.37 bits per heavy atom. The Bertz CT molecular complexity index is 1020. The number of alkyl halides is 3. The number of aliphatic hydroxyl groups is 1. The summed E-state index contributed by atoms with van der Waals surface area (Å²) in [5, 5.41) is 11.5. The van der Waals surface area contributed by atoms with Crippen LogP contribution in [0.2, 0.25) is 0 Å². The van der Waals surface area contributed by atoms with Gasteiger partial charge >= 0.3 is 0 Å². The van der Waals surface area contributed by atoms with Crippen molar-refractivity contribution in [1.82, 2.24) is 14.3 Å². The molecule has 0 aromatic carbocycles. The van der Waals surface area contributed by atoms with Crippen LogP contribution in [0.5, 0.6) is 0 Å². The van der Waals surface area contributed by atoms with Crippen molar-refractivity contribution in [2.45, 2.75) is 29.2 Å². The van der Waals surface area contributed by atoms with Crippen molar-refractivity contribution in [3.8, 4) is 11.8 Å². The molecule has 2 aromatic rings. The van der Waals surface area contributed by atoms with Crippen LogP contribution in [-0.4, -0.2) is 66.6 Å². The third-order valence-corrected chi connectivity index (χ3v) is 7.94. The first kappa shape index (κ1) is 22.5. The average molecular weight is 461 g/mol. The molecule has 1 N–H and O–H groups in total. The lowest BCUT2D eigenvalue weighted by Gasteiger charge is -2.38. The molecule has 1 unspecified atom stereocenters. The van der Waals surface area contributed by atoms with Crippen LogP contribution in [0.25, 0.3) is 0 Å². The molecule has 1 fully saturated rings. The van der Waals surface area contributed by atoms with Crippen molar-refractivity contribution in [3.63, 3.8) is 0 Å². The van der Waals surface area contributed by atoms with E-state index in [1.54, 1.807) is 23.3 Å². The third-order valence-electron chi connectivity index (χ3n) is 4.70. The number of hydrogen-bond acceptors (Lipinski definition) is 7. The zero-order valence-corrected chi connectivity index (χ0v) is 17.5. The van der Waals surface area contributed by atoms with Gasteiger partial charge in [0.15, 0.2) is 5.60 Å². The van der Waals surface area contributed by atoms with E-state index in [0.29, 0.717) is 0 Å². The predicted molar refractivity (Wildman–Crippen MR) is 106 cm³/mol. The predicted octanol–water partition coefficient (Wildman–Crippen LogP) is 1.86. The highest BCUT2D eigenvalue weighted by molar-refractivity contribution is 7.91. The van der Waals surface area contributed by atoms with E-state index in [0.717, 1.165) is 23.7 Å². The Kier molecular flexibility index (Phi) is 6.66. The molecule has 0 radical (unpaired) electrons. The van der Waals surface area contributed by atoms with E-state index in [4.69, 9.17) is 0 Å². The molecule has 162 valence electrons. The van der Waals surface area contributed by atoms with Crippen LogP contribution in [0.15, 0.2) is 34.1 Å². The fourth-order valence-corrected chi connectivity index (χ4v) is 5.58. The number of hydrogen-bond donors (Lipinski definition) is 1. The quantitative estimate of drug-likeness (QED) is 0.663. The summed E-state index contributed by atoms with van der Waals surface area (Å²) in [6.45, 7) is 0.358. The molecule has 1 aliphatic heterocycles. The summed E-state index contributed by atoms with van der Waals surface area (Å²) in [6.07, 6.45) is -1.46. The third kappa shape index (κ3) is 4.15. The van der Waals surface area contributed by atoms with Gasteiger partial charge in [0.05, 0.1) is 0 Å². The Morgan fingerprint density at radius 3 is 2.60 bits per heavy atom. The first-order valence-electron chi connectivity index (χ1n) is 8.85. The lowest BCUT2D eigenvalue weighted by atomic mass is 9.99. The van der Waals surface area contributed by atoms with Crippen LogP contribution in [0.3, 0.4) is 0 Å². The van der Waals surface area contributed by atoms with Gasteiger partial charge in [-0.15, -0.1) is 17.3 Å². The Balaban J connectivity index is 1.84. The smallest absolute Gasteiger partial charge is 0.273 e. The monoisotopic (exact) mass is 460 g/mol. The Hall–Kier alpha value is -2.20. The van der Waals surface area contributed by atoms with Gasteiger partial charge in [0.1, 0.15) is 16.9 Å². The first-order chi connectivity index (χ1) is 14.2. The molecule has 0 aliphatic carbocycles. The summed E-state index contributed by atoms with van der Waals surface area (Å²) in [7, 11) is -3.66. The van der Waals surface area contributed by atoms with Gasteiger partial charge in [-0.3, -0.25) is 0 Å². The molecular formula is C18H19F3N4O3S2. The number of rotatable bonds is 6. The Morgan fingerprint density at radius 2 is 2.07 bits per heavy atom.